The zero-order valence-corrected chi connectivity index (χ0v) is 8.42. The van der Waals surface area contributed by atoms with Crippen LogP contribution >= 0.6 is 11.3 Å². The maximum Gasteiger partial charge on any atom is 0.114 e. The van der Waals surface area contributed by atoms with Crippen molar-refractivity contribution in [3.63, 3.8) is 0 Å². The summed E-state index contributed by atoms with van der Waals surface area (Å²) >= 11 is 1.10. The summed E-state index contributed by atoms with van der Waals surface area (Å²) in [5, 5.41) is 30.7. The molecule has 1 heterocycles. The highest BCUT2D eigenvalue weighted by molar-refractivity contribution is 7.12. The Bertz CT molecular complexity index is 419. The fourth-order valence-electron chi connectivity index (χ4n) is 0.982. The summed E-state index contributed by atoms with van der Waals surface area (Å²) in [4.78, 5) is 3.42. The summed E-state index contributed by atoms with van der Waals surface area (Å²) in [6.07, 6.45) is -2.27. The molecule has 1 rings (SSSR count). The fourth-order valence-corrected chi connectivity index (χ4v) is 1.83. The minimum Gasteiger partial charge on any atom is -0.390 e. The molecule has 6 nitrogen and oxygen atoms in total. The van der Waals surface area contributed by atoms with Crippen molar-refractivity contribution < 1.29 is 10.2 Å². The van der Waals surface area contributed by atoms with Crippen LogP contribution in [0.4, 0.5) is 0 Å². The van der Waals surface area contributed by atoms with Crippen LogP contribution in [0.1, 0.15) is 15.9 Å². The molecule has 0 saturated carbocycles. The lowest BCUT2D eigenvalue weighted by molar-refractivity contribution is 0.0266. The lowest BCUT2D eigenvalue weighted by Crippen LogP contribution is -2.20. The van der Waals surface area contributed by atoms with Crippen molar-refractivity contribution in [2.75, 3.05) is 6.54 Å². The monoisotopic (exact) mass is 224 g/mol. The molecule has 0 radical (unpaired) electrons. The second kappa shape index (κ2) is 5.34. The number of aliphatic hydroxyl groups excluding tert-OH is 2. The van der Waals surface area contributed by atoms with Gasteiger partial charge in [0.25, 0.3) is 0 Å². The van der Waals surface area contributed by atoms with E-state index in [2.05, 4.69) is 10.0 Å². The zero-order chi connectivity index (χ0) is 11.3. The molecule has 0 bridgehead atoms. The lowest BCUT2D eigenvalue weighted by Gasteiger charge is -2.13. The van der Waals surface area contributed by atoms with Crippen LogP contribution in [-0.2, 0) is 0 Å². The number of aliphatic hydroxyl groups is 2. The van der Waals surface area contributed by atoms with E-state index >= 15 is 0 Å². The van der Waals surface area contributed by atoms with Crippen molar-refractivity contribution in [3.8, 4) is 6.07 Å². The van der Waals surface area contributed by atoms with E-state index in [0.717, 1.165) is 11.3 Å². The SMILES string of the molecule is N#Cc1ccc(C(O)C(O)CN=[N+]=[N-])s1. The summed E-state index contributed by atoms with van der Waals surface area (Å²) in [5.41, 5.74) is 8.03. The van der Waals surface area contributed by atoms with E-state index in [-0.39, 0.29) is 6.54 Å². The topological polar surface area (TPSA) is 113 Å². The highest BCUT2D eigenvalue weighted by atomic mass is 32.1. The predicted octanol–water partition coefficient (Wildman–Crippen LogP) is 1.32. The normalized spacial score (nSPS) is 13.7. The summed E-state index contributed by atoms with van der Waals surface area (Å²) in [5.74, 6) is 0. The van der Waals surface area contributed by atoms with E-state index in [1.807, 2.05) is 6.07 Å². The predicted molar refractivity (Wildman–Crippen MR) is 54.0 cm³/mol. The molecule has 15 heavy (non-hydrogen) atoms. The van der Waals surface area contributed by atoms with Crippen molar-refractivity contribution >= 4 is 11.3 Å². The molecule has 0 aromatic carbocycles. The van der Waals surface area contributed by atoms with Gasteiger partial charge in [-0.25, -0.2) is 0 Å². The Balaban J connectivity index is 2.71. The standard InChI is InChI=1S/C8H8N4O2S/c9-3-5-1-2-7(15-5)8(14)6(13)4-11-12-10/h1-2,6,8,13-14H,4H2. The number of hydrogen-bond donors (Lipinski definition) is 2. The second-order valence-corrected chi connectivity index (χ2v) is 3.85. The first-order valence-electron chi connectivity index (χ1n) is 4.06. The molecule has 78 valence electrons. The Labute approximate surface area is 89.6 Å². The van der Waals surface area contributed by atoms with Gasteiger partial charge in [0.05, 0.1) is 12.6 Å². The molecule has 2 atom stereocenters. The molecule has 2 N–H and O–H groups in total. The summed E-state index contributed by atoms with van der Waals surface area (Å²) in [6.45, 7) is -0.197. The molecule has 1 aromatic rings. The molecule has 0 aliphatic carbocycles. The Morgan fingerprint density at radius 2 is 2.33 bits per heavy atom. The molecule has 0 aliphatic rings. The fraction of sp³-hybridized carbons (Fsp3) is 0.375. The van der Waals surface area contributed by atoms with Gasteiger partial charge < -0.3 is 10.2 Å². The van der Waals surface area contributed by atoms with Gasteiger partial charge in [0.2, 0.25) is 0 Å². The highest BCUT2D eigenvalue weighted by Crippen LogP contribution is 2.25. The number of rotatable bonds is 4. The molecule has 0 fully saturated rings. The first-order valence-corrected chi connectivity index (χ1v) is 4.87. The first kappa shape index (κ1) is 11.5. The van der Waals surface area contributed by atoms with E-state index in [1.165, 1.54) is 0 Å². The molecule has 0 saturated heterocycles. The first-order chi connectivity index (χ1) is 7.19. The minimum atomic E-state index is -1.15. The molecular weight excluding hydrogens is 216 g/mol. The maximum atomic E-state index is 9.59. The smallest absolute Gasteiger partial charge is 0.114 e. The van der Waals surface area contributed by atoms with Crippen LogP contribution in [0.5, 0.6) is 0 Å². The quantitative estimate of drug-likeness (QED) is 0.456. The maximum absolute atomic E-state index is 9.59. The van der Waals surface area contributed by atoms with Crippen molar-refractivity contribution in [2.24, 2.45) is 5.11 Å². The van der Waals surface area contributed by atoms with Crippen LogP contribution in [0.15, 0.2) is 17.2 Å². The average Bonchev–Trinajstić information content (AvgIpc) is 2.73. The van der Waals surface area contributed by atoms with Crippen LogP contribution in [0, 0.1) is 11.3 Å². The van der Waals surface area contributed by atoms with Gasteiger partial charge in [-0.15, -0.1) is 11.3 Å². The van der Waals surface area contributed by atoms with E-state index in [9.17, 15) is 10.2 Å². The molecular formula is C8H8N4O2S. The van der Waals surface area contributed by atoms with Gasteiger partial charge in [-0.1, -0.05) is 5.11 Å². The lowest BCUT2D eigenvalue weighted by atomic mass is 10.2. The largest absolute Gasteiger partial charge is 0.390 e. The Morgan fingerprint density at radius 3 is 2.87 bits per heavy atom. The summed E-state index contributed by atoms with van der Waals surface area (Å²) in [7, 11) is 0. The minimum absolute atomic E-state index is 0.197. The van der Waals surface area contributed by atoms with Gasteiger partial charge in [0.15, 0.2) is 0 Å². The number of nitriles is 1. The molecule has 0 aliphatic heterocycles. The second-order valence-electron chi connectivity index (χ2n) is 2.74. The number of hydrogen-bond acceptors (Lipinski definition) is 5. The van der Waals surface area contributed by atoms with E-state index in [0.29, 0.717) is 9.75 Å². The van der Waals surface area contributed by atoms with Gasteiger partial charge in [0.1, 0.15) is 17.1 Å². The highest BCUT2D eigenvalue weighted by Gasteiger charge is 2.19. The Kier molecular flexibility index (Phi) is 4.09. The molecule has 0 spiro atoms. The van der Waals surface area contributed by atoms with E-state index < -0.39 is 12.2 Å². The van der Waals surface area contributed by atoms with Crippen molar-refractivity contribution in [3.05, 3.63) is 32.3 Å². The van der Waals surface area contributed by atoms with E-state index in [4.69, 9.17) is 10.8 Å². The van der Waals surface area contributed by atoms with Gasteiger partial charge in [0, 0.05) is 9.79 Å². The number of thiophene rings is 1. The van der Waals surface area contributed by atoms with Crippen LogP contribution in [0.2, 0.25) is 0 Å². The number of nitrogens with zero attached hydrogens (tertiary/aromatic N) is 4. The average molecular weight is 224 g/mol. The third-order valence-electron chi connectivity index (χ3n) is 1.72. The van der Waals surface area contributed by atoms with E-state index in [1.54, 1.807) is 12.1 Å². The summed E-state index contributed by atoms with van der Waals surface area (Å²) < 4.78 is 0. The van der Waals surface area contributed by atoms with Crippen molar-refractivity contribution in [1.29, 1.82) is 5.26 Å². The van der Waals surface area contributed by atoms with Gasteiger partial charge in [-0.2, -0.15) is 5.26 Å². The Hall–Kier alpha value is -1.58. The molecule has 7 heteroatoms. The van der Waals surface area contributed by atoms with Crippen molar-refractivity contribution in [2.45, 2.75) is 12.2 Å². The Morgan fingerprint density at radius 1 is 1.60 bits per heavy atom. The molecule has 1 aromatic heterocycles. The third kappa shape index (κ3) is 2.94. The summed E-state index contributed by atoms with van der Waals surface area (Å²) in [6, 6.07) is 5.05. The molecule has 0 amide bonds. The zero-order valence-electron chi connectivity index (χ0n) is 7.61. The van der Waals surface area contributed by atoms with Crippen LogP contribution in [0.25, 0.3) is 10.4 Å². The van der Waals surface area contributed by atoms with Crippen LogP contribution in [0.3, 0.4) is 0 Å². The van der Waals surface area contributed by atoms with Gasteiger partial charge in [-0.3, -0.25) is 0 Å². The van der Waals surface area contributed by atoms with Gasteiger partial charge in [-0.05, 0) is 17.7 Å². The van der Waals surface area contributed by atoms with Crippen LogP contribution < -0.4 is 0 Å². The third-order valence-corrected chi connectivity index (χ3v) is 2.79. The van der Waals surface area contributed by atoms with Gasteiger partial charge >= 0.3 is 0 Å². The van der Waals surface area contributed by atoms with Crippen molar-refractivity contribution in [1.82, 2.24) is 0 Å². The number of azide groups is 1. The van der Waals surface area contributed by atoms with Crippen LogP contribution in [-0.4, -0.2) is 22.9 Å². The molecule has 2 unspecified atom stereocenters.